The molecule has 1 atom stereocenters. The highest BCUT2D eigenvalue weighted by atomic mass is 15.3. The minimum atomic E-state index is 0.0521. The van der Waals surface area contributed by atoms with E-state index < -0.39 is 0 Å². The van der Waals surface area contributed by atoms with Crippen LogP contribution < -0.4 is 4.90 Å². The maximum absolute atomic E-state index is 9.06. The van der Waals surface area contributed by atoms with Gasteiger partial charge in [-0.1, -0.05) is 6.92 Å². The molecule has 1 fully saturated rings. The molecule has 18 heavy (non-hydrogen) atoms. The lowest BCUT2D eigenvalue weighted by Gasteiger charge is -2.37. The summed E-state index contributed by atoms with van der Waals surface area (Å²) < 4.78 is 0. The minimum absolute atomic E-state index is 0.0521. The van der Waals surface area contributed by atoms with Gasteiger partial charge in [-0.2, -0.15) is 10.4 Å². The van der Waals surface area contributed by atoms with E-state index in [4.69, 9.17) is 5.26 Å². The Balaban J connectivity index is 1.94. The molecule has 0 saturated carbocycles. The van der Waals surface area contributed by atoms with Crippen LogP contribution in [0.3, 0.4) is 0 Å². The van der Waals surface area contributed by atoms with E-state index in [2.05, 4.69) is 33.0 Å². The second-order valence-corrected chi connectivity index (χ2v) is 4.61. The molecule has 1 aromatic heterocycles. The number of rotatable bonds is 3. The van der Waals surface area contributed by atoms with Gasteiger partial charge in [-0.3, -0.25) is 4.90 Å². The molecule has 0 spiro atoms. The maximum atomic E-state index is 9.06. The van der Waals surface area contributed by atoms with Crippen LogP contribution in [-0.2, 0) is 0 Å². The number of nitrogens with zero attached hydrogens (tertiary/aromatic N) is 5. The topological polar surface area (TPSA) is 56.1 Å². The standard InChI is InChI=1S/C13H19N5/c1-3-12(10-14)17-6-8-18(9-7-17)13-5-4-11(2)15-16-13/h4-5,12H,3,6-9H2,1-2H3. The summed E-state index contributed by atoms with van der Waals surface area (Å²) in [7, 11) is 0. The normalized spacial score (nSPS) is 18.4. The maximum Gasteiger partial charge on any atom is 0.151 e. The van der Waals surface area contributed by atoms with Crippen LogP contribution in [0.15, 0.2) is 12.1 Å². The van der Waals surface area contributed by atoms with Crippen LogP contribution in [0.2, 0.25) is 0 Å². The van der Waals surface area contributed by atoms with Gasteiger partial charge < -0.3 is 4.90 Å². The molecular weight excluding hydrogens is 226 g/mol. The van der Waals surface area contributed by atoms with Gasteiger partial charge in [-0.15, -0.1) is 5.10 Å². The molecule has 1 aliphatic rings. The van der Waals surface area contributed by atoms with Crippen LogP contribution >= 0.6 is 0 Å². The Bertz CT molecular complexity index is 414. The quantitative estimate of drug-likeness (QED) is 0.801. The SMILES string of the molecule is CCC(C#N)N1CCN(c2ccc(C)nn2)CC1. The third-order valence-electron chi connectivity index (χ3n) is 3.40. The summed E-state index contributed by atoms with van der Waals surface area (Å²) in [6.07, 6.45) is 0.890. The Kier molecular flexibility index (Phi) is 4.11. The third-order valence-corrected chi connectivity index (χ3v) is 3.40. The lowest BCUT2D eigenvalue weighted by Crippen LogP contribution is -2.50. The number of anilines is 1. The van der Waals surface area contributed by atoms with Crippen LogP contribution in [0.4, 0.5) is 5.82 Å². The van der Waals surface area contributed by atoms with Crippen LogP contribution in [0.1, 0.15) is 19.0 Å². The molecule has 96 valence electrons. The van der Waals surface area contributed by atoms with E-state index in [0.29, 0.717) is 0 Å². The van der Waals surface area contributed by atoms with Crippen molar-refractivity contribution in [3.8, 4) is 6.07 Å². The van der Waals surface area contributed by atoms with E-state index in [1.165, 1.54) is 0 Å². The number of hydrogen-bond donors (Lipinski definition) is 0. The Morgan fingerprint density at radius 3 is 2.50 bits per heavy atom. The lowest BCUT2D eigenvalue weighted by molar-refractivity contribution is 0.216. The minimum Gasteiger partial charge on any atom is -0.353 e. The number of aryl methyl sites for hydroxylation is 1. The van der Waals surface area contributed by atoms with Gasteiger partial charge in [0.1, 0.15) is 0 Å². The average Bonchev–Trinajstić information content (AvgIpc) is 2.42. The van der Waals surface area contributed by atoms with E-state index in [1.54, 1.807) is 0 Å². The first-order valence-electron chi connectivity index (χ1n) is 6.43. The van der Waals surface area contributed by atoms with E-state index >= 15 is 0 Å². The van der Waals surface area contributed by atoms with Crippen LogP contribution in [0, 0.1) is 18.3 Å². The van der Waals surface area contributed by atoms with Gasteiger partial charge >= 0.3 is 0 Å². The van der Waals surface area contributed by atoms with Gasteiger partial charge in [0.15, 0.2) is 5.82 Å². The number of piperazine rings is 1. The molecule has 0 bridgehead atoms. The van der Waals surface area contributed by atoms with Crippen molar-refractivity contribution in [2.45, 2.75) is 26.3 Å². The van der Waals surface area contributed by atoms with Crippen molar-refractivity contribution in [2.24, 2.45) is 0 Å². The first-order valence-corrected chi connectivity index (χ1v) is 6.43. The van der Waals surface area contributed by atoms with Gasteiger partial charge in [0, 0.05) is 26.2 Å². The van der Waals surface area contributed by atoms with Gasteiger partial charge in [0.25, 0.3) is 0 Å². The second-order valence-electron chi connectivity index (χ2n) is 4.61. The first-order chi connectivity index (χ1) is 8.74. The van der Waals surface area contributed by atoms with Gasteiger partial charge in [-0.05, 0) is 25.5 Å². The summed E-state index contributed by atoms with van der Waals surface area (Å²) in [6, 6.07) is 6.41. The van der Waals surface area contributed by atoms with Crippen molar-refractivity contribution in [1.29, 1.82) is 5.26 Å². The molecule has 0 aromatic carbocycles. The molecular formula is C13H19N5. The molecule has 0 N–H and O–H groups in total. The van der Waals surface area contributed by atoms with Crippen LogP contribution in [-0.4, -0.2) is 47.3 Å². The Labute approximate surface area is 108 Å². The Morgan fingerprint density at radius 1 is 1.28 bits per heavy atom. The van der Waals surface area contributed by atoms with Crippen molar-refractivity contribution >= 4 is 5.82 Å². The van der Waals surface area contributed by atoms with Gasteiger partial charge in [-0.25, -0.2) is 0 Å². The largest absolute Gasteiger partial charge is 0.353 e. The molecule has 1 unspecified atom stereocenters. The molecule has 1 saturated heterocycles. The second kappa shape index (κ2) is 5.78. The fourth-order valence-corrected chi connectivity index (χ4v) is 2.25. The van der Waals surface area contributed by atoms with Crippen molar-refractivity contribution in [2.75, 3.05) is 31.1 Å². The molecule has 5 nitrogen and oxygen atoms in total. The van der Waals surface area contributed by atoms with Crippen molar-refractivity contribution in [3.63, 3.8) is 0 Å². The third kappa shape index (κ3) is 2.77. The highest BCUT2D eigenvalue weighted by Crippen LogP contribution is 2.14. The van der Waals surface area contributed by atoms with Crippen molar-refractivity contribution < 1.29 is 0 Å². The van der Waals surface area contributed by atoms with E-state index in [-0.39, 0.29) is 6.04 Å². The average molecular weight is 245 g/mol. The summed E-state index contributed by atoms with van der Waals surface area (Å²) in [5.74, 6) is 0.935. The van der Waals surface area contributed by atoms with Crippen LogP contribution in [0.5, 0.6) is 0 Å². The van der Waals surface area contributed by atoms with Gasteiger partial charge in [0.2, 0.25) is 0 Å². The smallest absolute Gasteiger partial charge is 0.151 e. The zero-order valence-corrected chi connectivity index (χ0v) is 11.0. The van der Waals surface area contributed by atoms with E-state index in [9.17, 15) is 0 Å². The fourth-order valence-electron chi connectivity index (χ4n) is 2.25. The molecule has 0 amide bonds. The van der Waals surface area contributed by atoms with Crippen molar-refractivity contribution in [1.82, 2.24) is 15.1 Å². The zero-order chi connectivity index (χ0) is 13.0. The Hall–Kier alpha value is -1.67. The molecule has 0 radical (unpaired) electrons. The number of aromatic nitrogens is 2. The first kappa shape index (κ1) is 12.8. The zero-order valence-electron chi connectivity index (χ0n) is 11.0. The summed E-state index contributed by atoms with van der Waals surface area (Å²) in [5, 5.41) is 17.4. The summed E-state index contributed by atoms with van der Waals surface area (Å²) in [5.41, 5.74) is 0.938. The fraction of sp³-hybridized carbons (Fsp3) is 0.615. The van der Waals surface area contributed by atoms with E-state index in [0.717, 1.165) is 44.1 Å². The predicted octanol–water partition coefficient (Wildman–Crippen LogP) is 1.21. The molecule has 1 aromatic rings. The molecule has 5 heteroatoms. The highest BCUT2D eigenvalue weighted by Gasteiger charge is 2.23. The summed E-state index contributed by atoms with van der Waals surface area (Å²) in [6.45, 7) is 7.66. The lowest BCUT2D eigenvalue weighted by atomic mass is 10.2. The monoisotopic (exact) mass is 245 g/mol. The molecule has 2 rings (SSSR count). The van der Waals surface area contributed by atoms with Crippen LogP contribution in [0.25, 0.3) is 0 Å². The summed E-state index contributed by atoms with van der Waals surface area (Å²) in [4.78, 5) is 4.48. The number of nitriles is 1. The van der Waals surface area contributed by atoms with E-state index in [1.807, 2.05) is 19.1 Å². The van der Waals surface area contributed by atoms with Crippen molar-refractivity contribution in [3.05, 3.63) is 17.8 Å². The molecule has 0 aliphatic carbocycles. The summed E-state index contributed by atoms with van der Waals surface area (Å²) >= 11 is 0. The highest BCUT2D eigenvalue weighted by molar-refractivity contribution is 5.37. The Morgan fingerprint density at radius 2 is 2.00 bits per heavy atom. The molecule has 2 heterocycles. The van der Waals surface area contributed by atoms with Gasteiger partial charge in [0.05, 0.1) is 17.8 Å². The predicted molar refractivity (Wildman–Crippen MR) is 70.2 cm³/mol. The number of hydrogen-bond acceptors (Lipinski definition) is 5. The molecule has 1 aliphatic heterocycles.